The number of rotatable bonds is 2. The van der Waals surface area contributed by atoms with Crippen LogP contribution in [0.3, 0.4) is 0 Å². The van der Waals surface area contributed by atoms with E-state index in [2.05, 4.69) is 4.74 Å². The number of carbonyl (C=O) groups is 1. The van der Waals surface area contributed by atoms with Crippen LogP contribution >= 0.6 is 0 Å². The Bertz CT molecular complexity index is 222. The number of carbonyl (C=O) groups excluding carboxylic acids is 1. The van der Waals surface area contributed by atoms with Crippen LogP contribution in [-0.4, -0.2) is 46.7 Å². The second-order valence-corrected chi connectivity index (χ2v) is 2.47. The van der Waals surface area contributed by atoms with E-state index in [1.165, 1.54) is 6.08 Å². The first-order valence-corrected chi connectivity index (χ1v) is 3.46. The predicted molar refractivity (Wildman–Crippen MR) is 38.2 cm³/mol. The van der Waals surface area contributed by atoms with E-state index in [1.54, 1.807) is 0 Å². The quantitative estimate of drug-likeness (QED) is 0.459. The molecule has 1 aliphatic heterocycles. The fraction of sp³-hybridized carbons (Fsp3) is 0.571. The van der Waals surface area contributed by atoms with Gasteiger partial charge in [0, 0.05) is 5.57 Å². The first-order chi connectivity index (χ1) is 5.64. The monoisotopic (exact) mass is 174 g/mol. The van der Waals surface area contributed by atoms with E-state index in [4.69, 9.17) is 10.2 Å². The van der Waals surface area contributed by atoms with Crippen molar-refractivity contribution in [2.75, 3.05) is 19.8 Å². The van der Waals surface area contributed by atoms with Gasteiger partial charge in [0.1, 0.15) is 6.61 Å². The van der Waals surface area contributed by atoms with Crippen molar-refractivity contribution in [3.63, 3.8) is 0 Å². The highest BCUT2D eigenvalue weighted by Crippen LogP contribution is 2.18. The van der Waals surface area contributed by atoms with Crippen molar-refractivity contribution in [3.05, 3.63) is 11.6 Å². The van der Waals surface area contributed by atoms with Gasteiger partial charge in [-0.15, -0.1) is 0 Å². The van der Waals surface area contributed by atoms with Crippen LogP contribution in [0.4, 0.5) is 0 Å². The molecule has 68 valence electrons. The van der Waals surface area contributed by atoms with Crippen molar-refractivity contribution in [2.45, 2.75) is 5.79 Å². The average molecular weight is 174 g/mol. The highest BCUT2D eigenvalue weighted by atomic mass is 16.6. The Labute approximate surface area is 68.9 Å². The summed E-state index contributed by atoms with van der Waals surface area (Å²) in [7, 11) is 0. The number of hydrogen-bond acceptors (Lipinski definition) is 5. The van der Waals surface area contributed by atoms with Crippen molar-refractivity contribution in [1.29, 1.82) is 0 Å². The summed E-state index contributed by atoms with van der Waals surface area (Å²) < 4.78 is 4.63. The van der Waals surface area contributed by atoms with Crippen molar-refractivity contribution in [2.24, 2.45) is 0 Å². The third-order valence-corrected chi connectivity index (χ3v) is 1.68. The average Bonchev–Trinajstić information content (AvgIpc) is 2.10. The summed E-state index contributed by atoms with van der Waals surface area (Å²) in [6.07, 6.45) is 1.37. The molecule has 0 aromatic rings. The fourth-order valence-electron chi connectivity index (χ4n) is 0.943. The number of aliphatic hydroxyl groups is 3. The minimum Gasteiger partial charge on any atom is -0.392 e. The molecule has 1 heterocycles. The summed E-state index contributed by atoms with van der Waals surface area (Å²) in [4.78, 5) is 11.1. The molecular formula is C7H10O5. The van der Waals surface area contributed by atoms with E-state index in [-0.39, 0.29) is 12.2 Å². The minimum atomic E-state index is -2.16. The lowest BCUT2D eigenvalue weighted by Gasteiger charge is -2.27. The fourth-order valence-corrected chi connectivity index (χ4v) is 0.943. The Kier molecular flexibility index (Phi) is 2.58. The van der Waals surface area contributed by atoms with Crippen LogP contribution in [0.25, 0.3) is 0 Å². The molecule has 0 aromatic carbocycles. The number of Topliss-reactive ketones (excluding diaryl/α,β-unsaturated/α-hetero) is 1. The van der Waals surface area contributed by atoms with E-state index in [0.717, 1.165) is 0 Å². The lowest BCUT2D eigenvalue weighted by atomic mass is 10.0. The van der Waals surface area contributed by atoms with Crippen LogP contribution in [0.1, 0.15) is 0 Å². The zero-order valence-electron chi connectivity index (χ0n) is 6.36. The molecule has 0 aliphatic carbocycles. The van der Waals surface area contributed by atoms with Crippen molar-refractivity contribution < 1.29 is 24.9 Å². The van der Waals surface area contributed by atoms with E-state index in [1.807, 2.05) is 0 Å². The van der Waals surface area contributed by atoms with Crippen LogP contribution in [0.15, 0.2) is 11.6 Å². The highest BCUT2D eigenvalue weighted by molar-refractivity contribution is 6.01. The van der Waals surface area contributed by atoms with E-state index >= 15 is 0 Å². The molecule has 5 nitrogen and oxygen atoms in total. The number of ether oxygens (including phenoxy) is 1. The van der Waals surface area contributed by atoms with Crippen molar-refractivity contribution in [1.82, 2.24) is 0 Å². The highest BCUT2D eigenvalue weighted by Gasteiger charge is 2.40. The molecule has 0 saturated carbocycles. The molecule has 3 N–H and O–H groups in total. The predicted octanol–water partition coefficient (Wildman–Crippen LogP) is -1.81. The maximum absolute atomic E-state index is 11.1. The molecule has 0 amide bonds. The van der Waals surface area contributed by atoms with Gasteiger partial charge in [0.15, 0.2) is 0 Å². The molecule has 0 fully saturated rings. The molecule has 0 bridgehead atoms. The second-order valence-electron chi connectivity index (χ2n) is 2.47. The SMILES string of the molecule is O=C1C(CO)=CCOC1(O)CO. The first kappa shape index (κ1) is 9.34. The molecule has 0 saturated heterocycles. The molecule has 1 rings (SSSR count). The minimum absolute atomic E-state index is 0.0126. The Balaban J connectivity index is 2.87. The van der Waals surface area contributed by atoms with Crippen molar-refractivity contribution in [3.8, 4) is 0 Å². The third-order valence-electron chi connectivity index (χ3n) is 1.68. The van der Waals surface area contributed by atoms with Gasteiger partial charge in [0.2, 0.25) is 5.78 Å². The maximum Gasteiger partial charge on any atom is 0.255 e. The van der Waals surface area contributed by atoms with E-state index < -0.39 is 24.8 Å². The number of aliphatic hydroxyl groups excluding tert-OH is 2. The lowest BCUT2D eigenvalue weighted by Crippen LogP contribution is -2.48. The summed E-state index contributed by atoms with van der Waals surface area (Å²) in [5.41, 5.74) is 0.0674. The Morgan fingerprint density at radius 2 is 2.25 bits per heavy atom. The molecule has 0 aromatic heterocycles. The standard InChI is InChI=1S/C7H10O5/c8-3-5-1-2-12-7(11,4-9)6(5)10/h1,8-9,11H,2-4H2. The molecule has 0 spiro atoms. The van der Waals surface area contributed by atoms with Gasteiger partial charge in [-0.1, -0.05) is 0 Å². The van der Waals surface area contributed by atoms with E-state index in [9.17, 15) is 9.90 Å². The molecule has 1 unspecified atom stereocenters. The smallest absolute Gasteiger partial charge is 0.255 e. The van der Waals surface area contributed by atoms with Crippen LogP contribution in [-0.2, 0) is 9.53 Å². The molecule has 1 atom stereocenters. The Morgan fingerprint density at radius 1 is 1.58 bits per heavy atom. The zero-order chi connectivity index (χ0) is 9.19. The molecule has 0 radical (unpaired) electrons. The van der Waals surface area contributed by atoms with Crippen LogP contribution in [0, 0.1) is 0 Å². The Morgan fingerprint density at radius 3 is 2.75 bits per heavy atom. The van der Waals surface area contributed by atoms with Gasteiger partial charge in [-0.05, 0) is 6.08 Å². The zero-order valence-corrected chi connectivity index (χ0v) is 6.36. The van der Waals surface area contributed by atoms with Gasteiger partial charge in [-0.2, -0.15) is 0 Å². The van der Waals surface area contributed by atoms with Gasteiger partial charge in [-0.25, -0.2) is 0 Å². The third kappa shape index (κ3) is 1.39. The topological polar surface area (TPSA) is 87.0 Å². The van der Waals surface area contributed by atoms with Crippen molar-refractivity contribution >= 4 is 5.78 Å². The number of ketones is 1. The summed E-state index contributed by atoms with van der Waals surface area (Å²) in [5.74, 6) is -2.94. The van der Waals surface area contributed by atoms with Crippen LogP contribution < -0.4 is 0 Å². The van der Waals surface area contributed by atoms with Crippen LogP contribution in [0.2, 0.25) is 0 Å². The summed E-state index contributed by atoms with van der Waals surface area (Å²) in [6.45, 7) is -1.24. The summed E-state index contributed by atoms with van der Waals surface area (Å²) in [5, 5.41) is 26.6. The lowest BCUT2D eigenvalue weighted by molar-refractivity contribution is -0.215. The summed E-state index contributed by atoms with van der Waals surface area (Å²) in [6, 6.07) is 0. The van der Waals surface area contributed by atoms with Crippen LogP contribution in [0.5, 0.6) is 0 Å². The largest absolute Gasteiger partial charge is 0.392 e. The Hall–Kier alpha value is -0.750. The van der Waals surface area contributed by atoms with Gasteiger partial charge in [-0.3, -0.25) is 4.79 Å². The van der Waals surface area contributed by atoms with Gasteiger partial charge < -0.3 is 20.1 Å². The van der Waals surface area contributed by atoms with Gasteiger partial charge in [0.05, 0.1) is 13.2 Å². The first-order valence-electron chi connectivity index (χ1n) is 3.46. The normalized spacial score (nSPS) is 30.2. The van der Waals surface area contributed by atoms with Gasteiger partial charge in [0.25, 0.3) is 5.79 Å². The molecule has 12 heavy (non-hydrogen) atoms. The molecular weight excluding hydrogens is 164 g/mol. The van der Waals surface area contributed by atoms with Gasteiger partial charge >= 0.3 is 0 Å². The summed E-state index contributed by atoms with van der Waals surface area (Å²) >= 11 is 0. The van der Waals surface area contributed by atoms with E-state index in [0.29, 0.717) is 0 Å². The molecule has 5 heteroatoms. The second kappa shape index (κ2) is 3.32. The molecule has 1 aliphatic rings. The number of hydrogen-bond donors (Lipinski definition) is 3. The maximum atomic E-state index is 11.1.